The molecule has 0 saturated carbocycles. The van der Waals surface area contributed by atoms with Crippen molar-refractivity contribution >= 4 is 35.2 Å². The van der Waals surface area contributed by atoms with Gasteiger partial charge in [-0.05, 0) is 48.9 Å². The fourth-order valence-corrected chi connectivity index (χ4v) is 5.34. The van der Waals surface area contributed by atoms with E-state index in [1.165, 1.54) is 22.0 Å². The van der Waals surface area contributed by atoms with Crippen molar-refractivity contribution in [2.75, 3.05) is 38.0 Å². The Labute approximate surface area is 163 Å². The van der Waals surface area contributed by atoms with E-state index in [1.54, 1.807) is 0 Å². The molecule has 0 heterocycles. The molecule has 0 unspecified atom stereocenters. The predicted octanol–water partition coefficient (Wildman–Crippen LogP) is 3.45. The summed E-state index contributed by atoms with van der Waals surface area (Å²) in [4.78, 5) is 4.20. The van der Waals surface area contributed by atoms with Crippen LogP contribution in [0, 0.1) is 11.3 Å². The van der Waals surface area contributed by atoms with Gasteiger partial charge in [0.1, 0.15) is 0 Å². The van der Waals surface area contributed by atoms with Gasteiger partial charge < -0.3 is 9.80 Å². The van der Waals surface area contributed by atoms with Gasteiger partial charge in [0.25, 0.3) is 0 Å². The summed E-state index contributed by atoms with van der Waals surface area (Å²) < 4.78 is 0. The molecule has 0 aliphatic carbocycles. The van der Waals surface area contributed by atoms with Gasteiger partial charge in [0.15, 0.2) is 0 Å². The first-order chi connectivity index (χ1) is 13.0. The van der Waals surface area contributed by atoms with Gasteiger partial charge in [-0.2, -0.15) is 5.26 Å². The molecule has 3 aromatic rings. The molecule has 136 valence electrons. The molecular formula is C23H24N3P. The SMILES string of the molecule is CN(C)c1ccc(P(c2ccc(N(C)C)cc2)c2ccccc2C#N)cc1. The first-order valence-corrected chi connectivity index (χ1v) is 10.2. The maximum absolute atomic E-state index is 9.64. The van der Waals surface area contributed by atoms with Crippen LogP contribution in [0.15, 0.2) is 72.8 Å². The van der Waals surface area contributed by atoms with Crippen molar-refractivity contribution in [3.63, 3.8) is 0 Å². The fourth-order valence-electron chi connectivity index (χ4n) is 2.99. The summed E-state index contributed by atoms with van der Waals surface area (Å²) in [7, 11) is 7.38. The summed E-state index contributed by atoms with van der Waals surface area (Å²) in [6, 6.07) is 27.7. The molecule has 0 radical (unpaired) electrons. The standard InChI is InChI=1S/C23H24N3P/c1-25(2)19-9-13-21(14-10-19)27(23-8-6-5-7-18(23)17-24)22-15-11-20(12-16-22)26(3)4/h5-16H,1-4H3. The predicted molar refractivity (Wildman–Crippen MR) is 119 cm³/mol. The summed E-state index contributed by atoms with van der Waals surface area (Å²) in [6.45, 7) is 0. The van der Waals surface area contributed by atoms with Crippen LogP contribution in [0.25, 0.3) is 0 Å². The Morgan fingerprint density at radius 3 is 1.52 bits per heavy atom. The number of rotatable bonds is 5. The van der Waals surface area contributed by atoms with E-state index >= 15 is 0 Å². The molecule has 0 aliphatic rings. The minimum atomic E-state index is -0.795. The number of nitriles is 1. The highest BCUT2D eigenvalue weighted by atomic mass is 31.1. The van der Waals surface area contributed by atoms with E-state index in [9.17, 15) is 5.26 Å². The van der Waals surface area contributed by atoms with E-state index in [0.717, 1.165) is 10.9 Å². The van der Waals surface area contributed by atoms with Crippen LogP contribution in [0.3, 0.4) is 0 Å². The second kappa shape index (κ2) is 8.25. The van der Waals surface area contributed by atoms with Crippen molar-refractivity contribution in [1.82, 2.24) is 0 Å². The molecule has 0 saturated heterocycles. The van der Waals surface area contributed by atoms with Crippen molar-refractivity contribution in [2.45, 2.75) is 0 Å². The smallest absolute Gasteiger partial charge is 0.0998 e. The second-order valence-corrected chi connectivity index (χ2v) is 8.97. The summed E-state index contributed by atoms with van der Waals surface area (Å²) in [6.07, 6.45) is 0. The molecular weight excluding hydrogens is 349 g/mol. The largest absolute Gasteiger partial charge is 0.378 e. The minimum absolute atomic E-state index is 0.747. The highest BCUT2D eigenvalue weighted by molar-refractivity contribution is 7.80. The van der Waals surface area contributed by atoms with Gasteiger partial charge in [-0.15, -0.1) is 0 Å². The molecule has 3 nitrogen and oxygen atoms in total. The third-order valence-electron chi connectivity index (χ3n) is 4.51. The zero-order valence-corrected chi connectivity index (χ0v) is 17.1. The normalized spacial score (nSPS) is 10.5. The van der Waals surface area contributed by atoms with Crippen LogP contribution in [0.1, 0.15) is 5.56 Å². The lowest BCUT2D eigenvalue weighted by Gasteiger charge is -2.22. The Hall–Kier alpha value is -2.82. The number of hydrogen-bond donors (Lipinski definition) is 0. The van der Waals surface area contributed by atoms with E-state index in [-0.39, 0.29) is 0 Å². The van der Waals surface area contributed by atoms with Gasteiger partial charge in [-0.25, -0.2) is 0 Å². The number of hydrogen-bond acceptors (Lipinski definition) is 3. The van der Waals surface area contributed by atoms with Crippen LogP contribution in [0.4, 0.5) is 11.4 Å². The molecule has 0 aliphatic heterocycles. The number of benzene rings is 3. The van der Waals surface area contributed by atoms with Crippen LogP contribution in [-0.2, 0) is 0 Å². The fraction of sp³-hybridized carbons (Fsp3) is 0.174. The maximum atomic E-state index is 9.64. The first-order valence-electron chi connectivity index (χ1n) is 8.85. The van der Waals surface area contributed by atoms with Gasteiger partial charge in [0, 0.05) is 44.9 Å². The number of nitrogens with zero attached hydrogens (tertiary/aromatic N) is 3. The average molecular weight is 373 g/mol. The molecule has 0 fully saturated rings. The van der Waals surface area contributed by atoms with Gasteiger partial charge in [0.05, 0.1) is 11.6 Å². The molecule has 3 aromatic carbocycles. The van der Waals surface area contributed by atoms with Crippen molar-refractivity contribution < 1.29 is 0 Å². The van der Waals surface area contributed by atoms with Crippen LogP contribution in [-0.4, -0.2) is 28.2 Å². The quantitative estimate of drug-likeness (QED) is 0.642. The lowest BCUT2D eigenvalue weighted by molar-refractivity contribution is 1.13. The van der Waals surface area contributed by atoms with Gasteiger partial charge in [0.2, 0.25) is 0 Å². The van der Waals surface area contributed by atoms with Crippen molar-refractivity contribution in [1.29, 1.82) is 5.26 Å². The first kappa shape index (κ1) is 19.0. The molecule has 0 amide bonds. The van der Waals surface area contributed by atoms with E-state index in [0.29, 0.717) is 0 Å². The van der Waals surface area contributed by atoms with Crippen LogP contribution in [0.5, 0.6) is 0 Å². The molecule has 0 N–H and O–H groups in total. The molecule has 3 rings (SSSR count). The monoisotopic (exact) mass is 373 g/mol. The molecule has 4 heteroatoms. The third kappa shape index (κ3) is 4.13. The lowest BCUT2D eigenvalue weighted by Crippen LogP contribution is -2.23. The van der Waals surface area contributed by atoms with Crippen LogP contribution < -0.4 is 25.7 Å². The summed E-state index contributed by atoms with van der Waals surface area (Å²) in [5, 5.41) is 13.2. The maximum Gasteiger partial charge on any atom is 0.0998 e. The minimum Gasteiger partial charge on any atom is -0.378 e. The number of anilines is 2. The van der Waals surface area contributed by atoms with E-state index < -0.39 is 7.92 Å². The Morgan fingerprint density at radius 1 is 0.667 bits per heavy atom. The zero-order chi connectivity index (χ0) is 19.4. The third-order valence-corrected chi connectivity index (χ3v) is 7.01. The molecule has 0 bridgehead atoms. The van der Waals surface area contributed by atoms with E-state index in [4.69, 9.17) is 0 Å². The molecule has 0 atom stereocenters. The second-order valence-electron chi connectivity index (χ2n) is 6.79. The van der Waals surface area contributed by atoms with Gasteiger partial charge >= 0.3 is 0 Å². The van der Waals surface area contributed by atoms with Crippen molar-refractivity contribution in [2.24, 2.45) is 0 Å². The molecule has 0 spiro atoms. The Kier molecular flexibility index (Phi) is 5.79. The zero-order valence-electron chi connectivity index (χ0n) is 16.2. The summed E-state index contributed by atoms with van der Waals surface area (Å²) in [5.74, 6) is 0. The highest BCUT2D eigenvalue weighted by Gasteiger charge is 2.19. The van der Waals surface area contributed by atoms with Gasteiger partial charge in [-0.1, -0.05) is 42.5 Å². The lowest BCUT2D eigenvalue weighted by atomic mass is 10.2. The van der Waals surface area contributed by atoms with Crippen LogP contribution >= 0.6 is 7.92 Å². The van der Waals surface area contributed by atoms with Crippen LogP contribution in [0.2, 0.25) is 0 Å². The summed E-state index contributed by atoms with van der Waals surface area (Å²) >= 11 is 0. The Balaban J connectivity index is 2.13. The van der Waals surface area contributed by atoms with E-state index in [2.05, 4.69) is 70.5 Å². The topological polar surface area (TPSA) is 30.3 Å². The van der Waals surface area contributed by atoms with Crippen molar-refractivity contribution in [3.05, 3.63) is 78.4 Å². The molecule has 0 aromatic heterocycles. The van der Waals surface area contributed by atoms with E-state index in [1.807, 2.05) is 46.4 Å². The highest BCUT2D eigenvalue weighted by Crippen LogP contribution is 2.35. The Bertz CT molecular complexity index is 887. The van der Waals surface area contributed by atoms with Gasteiger partial charge in [-0.3, -0.25) is 0 Å². The Morgan fingerprint density at radius 2 is 1.11 bits per heavy atom. The van der Waals surface area contributed by atoms with Crippen molar-refractivity contribution in [3.8, 4) is 6.07 Å². The average Bonchev–Trinajstić information content (AvgIpc) is 2.69. The molecule has 27 heavy (non-hydrogen) atoms. The summed E-state index contributed by atoms with van der Waals surface area (Å²) in [5.41, 5.74) is 3.09.